The predicted octanol–water partition coefficient (Wildman–Crippen LogP) is 5.11. The zero-order chi connectivity index (χ0) is 18.7. The maximum Gasteiger partial charge on any atom is 0.339 e. The molecule has 1 amide bonds. The molecule has 0 unspecified atom stereocenters. The smallest absolute Gasteiger partial charge is 0.339 e. The lowest BCUT2D eigenvalue weighted by Crippen LogP contribution is -2.13. The van der Waals surface area contributed by atoms with Crippen LogP contribution < -0.4 is 5.32 Å². The first-order chi connectivity index (χ1) is 12.5. The van der Waals surface area contributed by atoms with Crippen molar-refractivity contribution in [2.24, 2.45) is 0 Å². The molecular weight excluding hydrogens is 414 g/mol. The van der Waals surface area contributed by atoms with Gasteiger partial charge in [0.1, 0.15) is 10.6 Å². The Morgan fingerprint density at radius 1 is 1.15 bits per heavy atom. The second-order valence-electron chi connectivity index (χ2n) is 5.34. The molecule has 128 valence electrons. The number of hydrogen-bond donors (Lipinski definition) is 2. The van der Waals surface area contributed by atoms with Gasteiger partial charge in [-0.1, -0.05) is 40.0 Å². The van der Waals surface area contributed by atoms with Crippen LogP contribution in [0.4, 0.5) is 5.00 Å². The maximum absolute atomic E-state index is 12.5. The average Bonchev–Trinajstić information content (AvgIpc) is 3.06. The summed E-state index contributed by atoms with van der Waals surface area (Å²) in [6.45, 7) is 0. The highest BCUT2D eigenvalue weighted by Gasteiger charge is 2.21. The van der Waals surface area contributed by atoms with E-state index in [1.165, 1.54) is 11.3 Å². The first-order valence-electron chi connectivity index (χ1n) is 7.48. The van der Waals surface area contributed by atoms with Gasteiger partial charge in [-0.25, -0.2) is 4.79 Å². The van der Waals surface area contributed by atoms with Crippen molar-refractivity contribution in [3.05, 3.63) is 75.1 Å². The van der Waals surface area contributed by atoms with Crippen molar-refractivity contribution in [2.75, 3.05) is 5.32 Å². The fourth-order valence-corrected chi connectivity index (χ4v) is 3.65. The van der Waals surface area contributed by atoms with Gasteiger partial charge in [-0.2, -0.15) is 0 Å². The van der Waals surface area contributed by atoms with Crippen LogP contribution in [-0.2, 0) is 0 Å². The summed E-state index contributed by atoms with van der Waals surface area (Å²) in [6.07, 6.45) is 5.35. The lowest BCUT2D eigenvalue weighted by atomic mass is 10.0. The summed E-state index contributed by atoms with van der Waals surface area (Å²) in [6, 6.07) is 13.9. The number of carboxylic acid groups (broad SMARTS) is 1. The lowest BCUT2D eigenvalue weighted by Gasteiger charge is -2.07. The number of halogens is 1. The van der Waals surface area contributed by atoms with Gasteiger partial charge < -0.3 is 10.4 Å². The van der Waals surface area contributed by atoms with Crippen molar-refractivity contribution in [2.45, 2.75) is 0 Å². The summed E-state index contributed by atoms with van der Waals surface area (Å²) in [7, 11) is 0. The largest absolute Gasteiger partial charge is 0.478 e. The molecule has 1 aromatic heterocycles. The van der Waals surface area contributed by atoms with Gasteiger partial charge >= 0.3 is 5.97 Å². The molecule has 2 aromatic carbocycles. The minimum Gasteiger partial charge on any atom is -0.478 e. The lowest BCUT2D eigenvalue weighted by molar-refractivity contribution is 0.0699. The number of amides is 1. The molecule has 0 saturated heterocycles. The van der Waals surface area contributed by atoms with Crippen LogP contribution in [0.3, 0.4) is 0 Å². The first-order valence-corrected chi connectivity index (χ1v) is 9.15. The van der Waals surface area contributed by atoms with Crippen molar-refractivity contribution in [1.82, 2.24) is 0 Å². The third-order valence-corrected chi connectivity index (χ3v) is 5.10. The fraction of sp³-hybridized carbons (Fsp3) is 0. The Labute approximate surface area is 162 Å². The topological polar surface area (TPSA) is 66.4 Å². The quantitative estimate of drug-likeness (QED) is 0.570. The molecule has 3 aromatic rings. The SMILES string of the molecule is C#Cc1cccc(C(=O)Nc2scc(-c3ccc(Br)cc3)c2C(=O)O)c1. The number of nitrogens with one attached hydrogen (secondary N) is 1. The standard InChI is InChI=1S/C20H12BrNO3S/c1-2-12-4-3-5-14(10-12)18(23)22-19-17(20(24)25)16(11-26-19)13-6-8-15(21)9-7-13/h1,3-11H,(H,22,23)(H,24,25). The Bertz CT molecular complexity index is 1030. The predicted molar refractivity (Wildman–Crippen MR) is 107 cm³/mol. The molecule has 0 aliphatic carbocycles. The minimum absolute atomic E-state index is 0.0683. The zero-order valence-electron chi connectivity index (χ0n) is 13.3. The molecule has 6 heteroatoms. The first kappa shape index (κ1) is 17.9. The van der Waals surface area contributed by atoms with Gasteiger partial charge in [0, 0.05) is 26.5 Å². The molecule has 26 heavy (non-hydrogen) atoms. The molecule has 0 radical (unpaired) electrons. The summed E-state index contributed by atoms with van der Waals surface area (Å²) in [5.74, 6) is 0.962. The van der Waals surface area contributed by atoms with Crippen molar-refractivity contribution in [3.8, 4) is 23.5 Å². The second kappa shape index (κ2) is 7.56. The number of carbonyl (C=O) groups excluding carboxylic acids is 1. The van der Waals surface area contributed by atoms with E-state index in [4.69, 9.17) is 6.42 Å². The molecule has 0 spiro atoms. The van der Waals surface area contributed by atoms with Gasteiger partial charge in [0.25, 0.3) is 5.91 Å². The van der Waals surface area contributed by atoms with Crippen LogP contribution in [0.1, 0.15) is 26.3 Å². The third kappa shape index (κ3) is 3.69. The molecule has 3 rings (SSSR count). The highest BCUT2D eigenvalue weighted by atomic mass is 79.9. The molecular formula is C20H12BrNO3S. The van der Waals surface area contributed by atoms with Crippen molar-refractivity contribution in [3.63, 3.8) is 0 Å². The van der Waals surface area contributed by atoms with Crippen molar-refractivity contribution in [1.29, 1.82) is 0 Å². The van der Waals surface area contributed by atoms with Crippen LogP contribution in [0.2, 0.25) is 0 Å². The van der Waals surface area contributed by atoms with Crippen LogP contribution in [0.25, 0.3) is 11.1 Å². The van der Waals surface area contributed by atoms with E-state index >= 15 is 0 Å². The molecule has 0 saturated carbocycles. The van der Waals surface area contributed by atoms with Gasteiger partial charge in [0.2, 0.25) is 0 Å². The normalized spacial score (nSPS) is 10.2. The number of benzene rings is 2. The number of carbonyl (C=O) groups is 2. The number of thiophene rings is 1. The molecule has 1 heterocycles. The third-order valence-electron chi connectivity index (χ3n) is 3.68. The van der Waals surface area contributed by atoms with Gasteiger partial charge in [0.05, 0.1) is 0 Å². The molecule has 4 nitrogen and oxygen atoms in total. The van der Waals surface area contributed by atoms with E-state index < -0.39 is 11.9 Å². The molecule has 0 bridgehead atoms. The highest BCUT2D eigenvalue weighted by molar-refractivity contribution is 9.10. The molecule has 0 atom stereocenters. The number of rotatable bonds is 4. The summed E-state index contributed by atoms with van der Waals surface area (Å²) in [4.78, 5) is 24.3. The Kier molecular flexibility index (Phi) is 5.21. The van der Waals surface area contributed by atoms with Gasteiger partial charge in [-0.05, 0) is 35.9 Å². The highest BCUT2D eigenvalue weighted by Crippen LogP contribution is 2.36. The van der Waals surface area contributed by atoms with Crippen molar-refractivity contribution >= 4 is 44.1 Å². The van der Waals surface area contributed by atoms with Crippen LogP contribution in [0.15, 0.2) is 58.4 Å². The summed E-state index contributed by atoms with van der Waals surface area (Å²) in [5, 5.41) is 14.3. The van der Waals surface area contributed by atoms with Crippen LogP contribution in [0, 0.1) is 12.3 Å². The Hall–Kier alpha value is -2.88. The van der Waals surface area contributed by atoms with E-state index in [0.29, 0.717) is 16.7 Å². The fourth-order valence-electron chi connectivity index (χ4n) is 2.43. The van der Waals surface area contributed by atoms with Gasteiger partial charge in [0.15, 0.2) is 0 Å². The second-order valence-corrected chi connectivity index (χ2v) is 7.14. The minimum atomic E-state index is -1.10. The molecule has 0 fully saturated rings. The maximum atomic E-state index is 12.5. The van der Waals surface area contributed by atoms with Gasteiger partial charge in [-0.15, -0.1) is 17.8 Å². The summed E-state index contributed by atoms with van der Waals surface area (Å²) >= 11 is 4.53. The van der Waals surface area contributed by atoms with E-state index in [0.717, 1.165) is 10.0 Å². The Balaban J connectivity index is 1.95. The monoisotopic (exact) mass is 425 g/mol. The number of aromatic carboxylic acids is 1. The Morgan fingerprint density at radius 3 is 2.54 bits per heavy atom. The van der Waals surface area contributed by atoms with E-state index in [2.05, 4.69) is 27.2 Å². The number of hydrogen-bond acceptors (Lipinski definition) is 3. The van der Waals surface area contributed by atoms with Crippen LogP contribution in [-0.4, -0.2) is 17.0 Å². The van der Waals surface area contributed by atoms with Crippen molar-refractivity contribution < 1.29 is 14.7 Å². The zero-order valence-corrected chi connectivity index (χ0v) is 15.7. The molecule has 0 aliphatic rings. The summed E-state index contributed by atoms with van der Waals surface area (Å²) in [5.41, 5.74) is 2.34. The molecule has 2 N–H and O–H groups in total. The van der Waals surface area contributed by atoms with Crippen LogP contribution in [0.5, 0.6) is 0 Å². The molecule has 0 aliphatic heterocycles. The van der Waals surface area contributed by atoms with E-state index in [-0.39, 0.29) is 10.6 Å². The van der Waals surface area contributed by atoms with Gasteiger partial charge in [-0.3, -0.25) is 4.79 Å². The van der Waals surface area contributed by atoms with E-state index in [9.17, 15) is 14.7 Å². The number of anilines is 1. The van der Waals surface area contributed by atoms with E-state index in [1.807, 2.05) is 24.3 Å². The summed E-state index contributed by atoms with van der Waals surface area (Å²) < 4.78 is 0.898. The number of terminal acetylenes is 1. The number of carboxylic acids is 1. The van der Waals surface area contributed by atoms with Crippen LogP contribution >= 0.6 is 27.3 Å². The van der Waals surface area contributed by atoms with E-state index in [1.54, 1.807) is 29.6 Å². The average molecular weight is 426 g/mol. The Morgan fingerprint density at radius 2 is 1.88 bits per heavy atom.